The molecule has 0 aliphatic rings. The molecule has 0 heterocycles. The number of hydrogen-bond acceptors (Lipinski definition) is 2. The number of hydrogen-bond donors (Lipinski definition) is 1. The Kier molecular flexibility index (Phi) is 11.6. The van der Waals surface area contributed by atoms with Gasteiger partial charge in [0.1, 0.15) is 0 Å². The summed E-state index contributed by atoms with van der Waals surface area (Å²) in [6, 6.07) is 0. The van der Waals surface area contributed by atoms with E-state index in [2.05, 4.69) is 0 Å². The van der Waals surface area contributed by atoms with E-state index >= 15 is 0 Å². The minimum atomic E-state index is -3.67. The summed E-state index contributed by atoms with van der Waals surface area (Å²) in [5.74, 6) is 0. The van der Waals surface area contributed by atoms with Crippen LogP contribution in [0.2, 0.25) is 0 Å². The summed E-state index contributed by atoms with van der Waals surface area (Å²) in [7, 11) is -3.67. The Morgan fingerprint density at radius 1 is 1.43 bits per heavy atom. The fraction of sp³-hybridized carbons (Fsp3) is 0.500. The predicted molar refractivity (Wildman–Crippen MR) is 23.9 cm³/mol. The molecule has 0 atom stereocenters. The maximum Gasteiger partial charge on any atom is 0.261 e. The molecular weight excluding hydrogens is 193 g/mol. The molecule has 0 aliphatic heterocycles. The monoisotopic (exact) mass is 200 g/mol. The first kappa shape index (κ1) is 15.7. The van der Waals surface area contributed by atoms with E-state index in [9.17, 15) is 8.42 Å². The Balaban J connectivity index is -0.0000000800. The molecule has 7 heavy (non-hydrogen) atoms. The van der Waals surface area contributed by atoms with Gasteiger partial charge in [0, 0.05) is 32.7 Å². The summed E-state index contributed by atoms with van der Waals surface area (Å²) in [6.07, 6.45) is 0.715. The Morgan fingerprint density at radius 2 is 1.43 bits per heavy atom. The zero-order valence-electron chi connectivity index (χ0n) is 4.25. The van der Waals surface area contributed by atoms with E-state index in [1.807, 2.05) is 0 Å². The summed E-state index contributed by atoms with van der Waals surface area (Å²) >= 11 is 0. The van der Waals surface area contributed by atoms with Gasteiger partial charge in [-0.2, -0.15) is 8.42 Å². The van der Waals surface area contributed by atoms with E-state index in [0.717, 1.165) is 0 Å². The van der Waals surface area contributed by atoms with Gasteiger partial charge in [-0.3, -0.25) is 4.55 Å². The van der Waals surface area contributed by atoms with E-state index in [1.54, 1.807) is 0 Å². The van der Waals surface area contributed by atoms with Crippen LogP contribution < -0.4 is 0 Å². The molecule has 1 N–H and O–H groups in total. The molecule has 0 aromatic rings. The molecule has 0 saturated heterocycles. The molecule has 0 saturated carbocycles. The van der Waals surface area contributed by atoms with Gasteiger partial charge in [0.2, 0.25) is 0 Å². The first-order valence-corrected chi connectivity index (χ1v) is 2.77. The summed E-state index contributed by atoms with van der Waals surface area (Å²) in [5, 5.41) is 0. The van der Waals surface area contributed by atoms with Crippen molar-refractivity contribution in [1.82, 2.24) is 0 Å². The van der Waals surface area contributed by atoms with E-state index in [0.29, 0.717) is 6.26 Å². The minimum absolute atomic E-state index is 0. The molecule has 0 bridgehead atoms. The number of rotatable bonds is 0. The SMILES string of the molecule is CS(=O)(=O)O.[CH3-].[Y]. The van der Waals surface area contributed by atoms with Crippen LogP contribution in [0.3, 0.4) is 0 Å². The quantitative estimate of drug-likeness (QED) is 0.440. The fourth-order valence-electron chi connectivity index (χ4n) is 0. The standard InChI is InChI=1S/CH4O3S.CH3.Y/c1-5(2,3)4;;/h1H3,(H,2,3,4);1H3;/q;-1;. The molecule has 0 aromatic heterocycles. The fourth-order valence-corrected chi connectivity index (χ4v) is 0. The van der Waals surface area contributed by atoms with Gasteiger partial charge in [-0.15, -0.1) is 0 Å². The molecular formula is C2H7O3SY-. The molecule has 1 radical (unpaired) electrons. The molecule has 0 aromatic carbocycles. The minimum Gasteiger partial charge on any atom is -0.358 e. The summed E-state index contributed by atoms with van der Waals surface area (Å²) < 4.78 is 25.9. The van der Waals surface area contributed by atoms with Crippen molar-refractivity contribution in [3.8, 4) is 0 Å². The average molecular weight is 200 g/mol. The second-order valence-corrected chi connectivity index (χ2v) is 2.20. The second-order valence-electron chi connectivity index (χ2n) is 0.733. The Morgan fingerprint density at radius 3 is 1.43 bits per heavy atom. The van der Waals surface area contributed by atoms with Gasteiger partial charge >= 0.3 is 0 Å². The molecule has 0 aliphatic carbocycles. The van der Waals surface area contributed by atoms with Gasteiger partial charge in [-0.05, 0) is 0 Å². The third-order valence-corrected chi connectivity index (χ3v) is 0. The van der Waals surface area contributed by atoms with Crippen LogP contribution >= 0.6 is 0 Å². The van der Waals surface area contributed by atoms with E-state index in [-0.39, 0.29) is 40.1 Å². The van der Waals surface area contributed by atoms with Crippen LogP contribution in [0, 0.1) is 7.43 Å². The predicted octanol–water partition coefficient (Wildman–Crippen LogP) is -0.0482. The Labute approximate surface area is 69.1 Å². The first-order valence-electron chi connectivity index (χ1n) is 0.924. The Bertz CT molecular complexity index is 96.1. The topological polar surface area (TPSA) is 54.4 Å². The van der Waals surface area contributed by atoms with Crippen molar-refractivity contribution in [3.63, 3.8) is 0 Å². The van der Waals surface area contributed by atoms with Crippen LogP contribution in [0.25, 0.3) is 0 Å². The molecule has 0 spiro atoms. The van der Waals surface area contributed by atoms with Gasteiger partial charge in [0.15, 0.2) is 0 Å². The molecule has 0 rings (SSSR count). The summed E-state index contributed by atoms with van der Waals surface area (Å²) in [6.45, 7) is 0. The van der Waals surface area contributed by atoms with Gasteiger partial charge < -0.3 is 7.43 Å². The van der Waals surface area contributed by atoms with Crippen molar-refractivity contribution < 1.29 is 45.7 Å². The third-order valence-electron chi connectivity index (χ3n) is 0. The molecule has 5 heteroatoms. The van der Waals surface area contributed by atoms with Crippen LogP contribution in [0.5, 0.6) is 0 Å². The maximum atomic E-state index is 9.19. The zero-order chi connectivity index (χ0) is 4.50. The van der Waals surface area contributed by atoms with Crippen molar-refractivity contribution in [1.29, 1.82) is 0 Å². The molecule has 0 unspecified atom stereocenters. The van der Waals surface area contributed by atoms with Crippen LogP contribution in [0.1, 0.15) is 0 Å². The van der Waals surface area contributed by atoms with Crippen LogP contribution in [0.4, 0.5) is 0 Å². The van der Waals surface area contributed by atoms with E-state index in [4.69, 9.17) is 4.55 Å². The second kappa shape index (κ2) is 5.16. The van der Waals surface area contributed by atoms with Crippen molar-refractivity contribution in [2.24, 2.45) is 0 Å². The maximum absolute atomic E-state index is 9.19. The van der Waals surface area contributed by atoms with Crippen molar-refractivity contribution in [2.75, 3.05) is 6.26 Å². The molecule has 43 valence electrons. The van der Waals surface area contributed by atoms with Crippen molar-refractivity contribution in [2.45, 2.75) is 0 Å². The summed E-state index contributed by atoms with van der Waals surface area (Å²) in [4.78, 5) is 0. The van der Waals surface area contributed by atoms with Crippen molar-refractivity contribution >= 4 is 10.1 Å². The molecule has 0 fully saturated rings. The van der Waals surface area contributed by atoms with E-state index < -0.39 is 10.1 Å². The average Bonchev–Trinajstić information content (AvgIpc) is 0.722. The largest absolute Gasteiger partial charge is 0.358 e. The van der Waals surface area contributed by atoms with Crippen LogP contribution in [-0.4, -0.2) is 19.2 Å². The van der Waals surface area contributed by atoms with Crippen LogP contribution in [-0.2, 0) is 42.8 Å². The van der Waals surface area contributed by atoms with Gasteiger partial charge in [-0.25, -0.2) is 0 Å². The zero-order valence-corrected chi connectivity index (χ0v) is 7.90. The summed E-state index contributed by atoms with van der Waals surface area (Å²) in [5.41, 5.74) is 0. The van der Waals surface area contributed by atoms with Crippen molar-refractivity contribution in [3.05, 3.63) is 7.43 Å². The van der Waals surface area contributed by atoms with E-state index in [1.165, 1.54) is 0 Å². The first-order chi connectivity index (χ1) is 2.00. The third kappa shape index (κ3) is 172. The normalized spacial score (nSPS) is 8.29. The molecule has 3 nitrogen and oxygen atoms in total. The molecule has 0 amide bonds. The van der Waals surface area contributed by atoms with Crippen LogP contribution in [0.15, 0.2) is 0 Å². The van der Waals surface area contributed by atoms with Gasteiger partial charge in [0.25, 0.3) is 10.1 Å². The van der Waals surface area contributed by atoms with Gasteiger partial charge in [-0.1, -0.05) is 0 Å². The smallest absolute Gasteiger partial charge is 0.261 e. The van der Waals surface area contributed by atoms with Gasteiger partial charge in [0.05, 0.1) is 6.26 Å². The Hall–Kier alpha value is 1.01.